The van der Waals surface area contributed by atoms with Gasteiger partial charge in [-0.05, 0) is 0 Å². The van der Waals surface area contributed by atoms with E-state index in [1.807, 2.05) is 27.7 Å². The van der Waals surface area contributed by atoms with Crippen LogP contribution in [0.2, 0.25) is 0 Å². The molecule has 0 fully saturated rings. The lowest BCUT2D eigenvalue weighted by Crippen LogP contribution is -2.74. The van der Waals surface area contributed by atoms with Crippen LogP contribution in [0.1, 0.15) is 27.7 Å². The zero-order valence-electron chi connectivity index (χ0n) is 20.9. The fourth-order valence-electron chi connectivity index (χ4n) is 4.12. The molecular formula is C30H38BF2-. The van der Waals surface area contributed by atoms with Crippen molar-refractivity contribution in [3.63, 3.8) is 0 Å². The molecule has 0 heterocycles. The fraction of sp³-hybridized carbons (Fsp3) is 0.200. The molecule has 3 heteroatoms. The second kappa shape index (κ2) is 18.4. The van der Waals surface area contributed by atoms with Crippen LogP contribution in [0, 0.1) is 0 Å². The SMILES string of the molecule is CC.CC.CF.CF.c1ccc([B-](c2ccccc2)(c2ccccc2)c2ccccc2)cc1. The number of hydrogen-bond acceptors (Lipinski definition) is 0. The van der Waals surface area contributed by atoms with Crippen LogP contribution in [0.4, 0.5) is 8.78 Å². The molecule has 4 aromatic carbocycles. The average molecular weight is 447 g/mol. The number of hydrogen-bond donors (Lipinski definition) is 0. The first-order valence-corrected chi connectivity index (χ1v) is 11.6. The number of benzene rings is 4. The Bertz CT molecular complexity index is 764. The van der Waals surface area contributed by atoms with Crippen molar-refractivity contribution >= 4 is 28.0 Å². The van der Waals surface area contributed by atoms with E-state index in [9.17, 15) is 8.78 Å². The van der Waals surface area contributed by atoms with Crippen molar-refractivity contribution in [1.29, 1.82) is 0 Å². The van der Waals surface area contributed by atoms with Crippen LogP contribution >= 0.6 is 0 Å². The first kappa shape index (κ1) is 29.8. The Balaban J connectivity index is 0.00000116. The smallest absolute Gasteiger partial charge is 0.108 e. The zero-order valence-corrected chi connectivity index (χ0v) is 20.9. The van der Waals surface area contributed by atoms with Gasteiger partial charge in [0.15, 0.2) is 0 Å². The molecule has 0 aliphatic rings. The Kier molecular flexibility index (Phi) is 16.6. The topological polar surface area (TPSA) is 0 Å². The molecule has 4 aromatic rings. The van der Waals surface area contributed by atoms with E-state index in [2.05, 4.69) is 121 Å². The van der Waals surface area contributed by atoms with Gasteiger partial charge < -0.3 is 0 Å². The molecule has 0 aromatic heterocycles. The van der Waals surface area contributed by atoms with E-state index < -0.39 is 6.15 Å². The van der Waals surface area contributed by atoms with Gasteiger partial charge in [0.2, 0.25) is 0 Å². The highest BCUT2D eigenvalue weighted by molar-refractivity contribution is 7.19. The molecule has 0 saturated heterocycles. The molecule has 4 rings (SSSR count). The molecule has 0 aliphatic heterocycles. The predicted molar refractivity (Wildman–Crippen MR) is 147 cm³/mol. The molecule has 0 bridgehead atoms. The van der Waals surface area contributed by atoms with Gasteiger partial charge in [0, 0.05) is 0 Å². The van der Waals surface area contributed by atoms with Crippen LogP contribution in [-0.4, -0.2) is 20.5 Å². The summed E-state index contributed by atoms with van der Waals surface area (Å²) in [5.74, 6) is 0. The lowest BCUT2D eigenvalue weighted by molar-refractivity contribution is 0.635. The molecule has 0 amide bonds. The number of halogens is 2. The third kappa shape index (κ3) is 7.42. The Morgan fingerprint density at radius 2 is 0.485 bits per heavy atom. The van der Waals surface area contributed by atoms with Gasteiger partial charge in [-0.1, -0.05) is 149 Å². The van der Waals surface area contributed by atoms with Gasteiger partial charge in [-0.15, -0.1) is 0 Å². The molecule has 0 spiro atoms. The Labute approximate surface area is 200 Å². The van der Waals surface area contributed by atoms with E-state index in [0.29, 0.717) is 14.4 Å². The molecule has 176 valence electrons. The van der Waals surface area contributed by atoms with Crippen molar-refractivity contribution in [3.05, 3.63) is 121 Å². The van der Waals surface area contributed by atoms with Crippen LogP contribution in [0.15, 0.2) is 121 Å². The van der Waals surface area contributed by atoms with E-state index in [4.69, 9.17) is 0 Å². The number of rotatable bonds is 4. The first-order valence-electron chi connectivity index (χ1n) is 11.6. The third-order valence-electron chi connectivity index (χ3n) is 5.20. The van der Waals surface area contributed by atoms with Crippen molar-refractivity contribution in [3.8, 4) is 0 Å². The van der Waals surface area contributed by atoms with E-state index in [1.165, 1.54) is 21.9 Å². The summed E-state index contributed by atoms with van der Waals surface area (Å²) in [6, 6.07) is 43.5. The summed E-state index contributed by atoms with van der Waals surface area (Å²) in [4.78, 5) is 0. The molecule has 0 radical (unpaired) electrons. The summed E-state index contributed by atoms with van der Waals surface area (Å²) in [5.41, 5.74) is 5.36. The number of alkyl halides is 2. The van der Waals surface area contributed by atoms with Crippen molar-refractivity contribution in [2.45, 2.75) is 27.7 Å². The van der Waals surface area contributed by atoms with E-state index in [0.717, 1.165) is 0 Å². The summed E-state index contributed by atoms with van der Waals surface area (Å²) < 4.78 is 19.0. The molecular weight excluding hydrogens is 409 g/mol. The van der Waals surface area contributed by atoms with Crippen molar-refractivity contribution in [2.75, 3.05) is 14.4 Å². The molecule has 0 nitrogen and oxygen atoms in total. The maximum absolute atomic E-state index is 9.50. The summed E-state index contributed by atoms with van der Waals surface area (Å²) in [6.07, 6.45) is -1.22. The lowest BCUT2D eigenvalue weighted by atomic mass is 9.13. The Hall–Kier alpha value is -3.20. The lowest BCUT2D eigenvalue weighted by Gasteiger charge is -2.44. The first-order chi connectivity index (χ1) is 16.4. The third-order valence-corrected chi connectivity index (χ3v) is 5.20. The highest BCUT2D eigenvalue weighted by atomic mass is 19.1. The largest absolute Gasteiger partial charge is 0.255 e. The maximum atomic E-state index is 9.50. The van der Waals surface area contributed by atoms with Crippen molar-refractivity contribution in [1.82, 2.24) is 0 Å². The van der Waals surface area contributed by atoms with Crippen LogP contribution in [0.5, 0.6) is 0 Å². The minimum absolute atomic E-state index is 0.500. The minimum Gasteiger partial charge on any atom is -0.255 e. The quantitative estimate of drug-likeness (QED) is 0.323. The van der Waals surface area contributed by atoms with Crippen LogP contribution < -0.4 is 21.9 Å². The Morgan fingerprint density at radius 1 is 0.333 bits per heavy atom. The minimum atomic E-state index is -1.22. The van der Waals surface area contributed by atoms with Gasteiger partial charge in [-0.25, -0.2) is 0 Å². The highest BCUT2D eigenvalue weighted by Crippen LogP contribution is 2.09. The normalized spacial score (nSPS) is 9.21. The monoisotopic (exact) mass is 447 g/mol. The fourth-order valence-corrected chi connectivity index (χ4v) is 4.12. The van der Waals surface area contributed by atoms with Crippen molar-refractivity contribution in [2.24, 2.45) is 0 Å². The van der Waals surface area contributed by atoms with Crippen molar-refractivity contribution < 1.29 is 8.78 Å². The molecule has 0 saturated carbocycles. The molecule has 33 heavy (non-hydrogen) atoms. The zero-order chi connectivity index (χ0) is 25.0. The summed E-state index contributed by atoms with van der Waals surface area (Å²) in [6.45, 7) is 8.00. The van der Waals surface area contributed by atoms with Gasteiger partial charge >= 0.3 is 0 Å². The van der Waals surface area contributed by atoms with Gasteiger partial charge in [-0.2, -0.15) is 21.9 Å². The second-order valence-electron chi connectivity index (χ2n) is 6.51. The van der Waals surface area contributed by atoms with Crippen LogP contribution in [0.25, 0.3) is 0 Å². The second-order valence-corrected chi connectivity index (χ2v) is 6.51. The molecule has 0 unspecified atom stereocenters. The van der Waals surface area contributed by atoms with E-state index in [-0.39, 0.29) is 0 Å². The standard InChI is InChI=1S/C24H20B.2C2H6.2CH3F/c1-5-13-21(14-6-1)25(22-15-7-2-8-16-22,23-17-9-3-10-18-23)24-19-11-4-12-20-24;4*1-2/h1-20H;2*1-2H3;2*1H3/q-1;;;;. The molecule has 0 atom stereocenters. The summed E-state index contributed by atoms with van der Waals surface area (Å²) in [7, 11) is 1.00. The summed E-state index contributed by atoms with van der Waals surface area (Å²) >= 11 is 0. The van der Waals surface area contributed by atoms with Gasteiger partial charge in [0.25, 0.3) is 0 Å². The highest BCUT2D eigenvalue weighted by Gasteiger charge is 2.30. The van der Waals surface area contributed by atoms with Gasteiger partial charge in [0.05, 0.1) is 14.4 Å². The molecule has 0 N–H and O–H groups in total. The molecule has 0 aliphatic carbocycles. The maximum Gasteiger partial charge on any atom is 0.108 e. The van der Waals surface area contributed by atoms with E-state index >= 15 is 0 Å². The van der Waals surface area contributed by atoms with Gasteiger partial charge in [0.1, 0.15) is 6.15 Å². The van der Waals surface area contributed by atoms with Gasteiger partial charge in [-0.3, -0.25) is 8.78 Å². The predicted octanol–water partition coefficient (Wildman–Crippen LogP) is 6.29. The summed E-state index contributed by atoms with van der Waals surface area (Å²) in [5, 5.41) is 0. The van der Waals surface area contributed by atoms with E-state index in [1.54, 1.807) is 0 Å². The Morgan fingerprint density at radius 3 is 0.636 bits per heavy atom. The van der Waals surface area contributed by atoms with Crippen LogP contribution in [-0.2, 0) is 0 Å². The van der Waals surface area contributed by atoms with Crippen LogP contribution in [0.3, 0.4) is 0 Å². The average Bonchev–Trinajstić information content (AvgIpc) is 2.96.